The molecule has 0 unspecified atom stereocenters. The maximum atomic E-state index is 15.3. The van der Waals surface area contributed by atoms with Gasteiger partial charge in [0, 0.05) is 34.6 Å². The van der Waals surface area contributed by atoms with E-state index in [1.807, 2.05) is 6.92 Å². The molecule has 0 atom stereocenters. The third-order valence-electron chi connectivity index (χ3n) is 5.17. The lowest BCUT2D eigenvalue weighted by atomic mass is 10.1. The van der Waals surface area contributed by atoms with E-state index in [0.717, 1.165) is 21.7 Å². The van der Waals surface area contributed by atoms with Crippen molar-refractivity contribution in [2.45, 2.75) is 18.2 Å². The van der Waals surface area contributed by atoms with Crippen LogP contribution in [0.15, 0.2) is 65.7 Å². The number of hydrogen-bond acceptors (Lipinski definition) is 4. The summed E-state index contributed by atoms with van der Waals surface area (Å²) in [5.41, 5.74) is 1.31. The molecule has 0 amide bonds. The molecule has 0 saturated carbocycles. The van der Waals surface area contributed by atoms with E-state index in [1.165, 1.54) is 30.5 Å². The van der Waals surface area contributed by atoms with Gasteiger partial charge in [-0.05, 0) is 43.7 Å². The number of fused-ring (bicyclic) bond motifs is 1. The number of alkyl halides is 1. The van der Waals surface area contributed by atoms with Gasteiger partial charge in [-0.15, -0.1) is 0 Å². The molecule has 0 N–H and O–H groups in total. The van der Waals surface area contributed by atoms with Crippen molar-refractivity contribution < 1.29 is 21.9 Å². The number of nitrogens with zero attached hydrogens (tertiary/aromatic N) is 2. The molecule has 5 nitrogen and oxygen atoms in total. The Hall–Kier alpha value is -3.22. The minimum absolute atomic E-state index is 0.0868. The lowest BCUT2D eigenvalue weighted by molar-refractivity contribution is 0.437. The average Bonchev–Trinajstić information content (AvgIpc) is 3.22. The van der Waals surface area contributed by atoms with E-state index < -0.39 is 21.7 Å². The lowest BCUT2D eigenvalue weighted by Crippen LogP contribution is -2.12. The Bertz CT molecular complexity index is 1510. The number of hydrogen-bond donors (Lipinski definition) is 0. The van der Waals surface area contributed by atoms with Crippen molar-refractivity contribution in [3.63, 3.8) is 0 Å². The fourth-order valence-electron chi connectivity index (χ4n) is 3.53. The second kappa shape index (κ2) is 8.96. The first-order valence-corrected chi connectivity index (χ1v) is 12.4. The van der Waals surface area contributed by atoms with E-state index in [2.05, 4.69) is 15.9 Å². The normalized spacial score (nSPS) is 11.5. The summed E-state index contributed by atoms with van der Waals surface area (Å²) in [6.07, 6.45) is 1.72. The van der Waals surface area contributed by atoms with Gasteiger partial charge in [-0.3, -0.25) is 0 Å². The smallest absolute Gasteiger partial charge is 0.268 e. The SMILES string of the molecule is Cc1ccc(S(=O)(=O)n2ccc3c(CCBr)c(Oc4ccc(F)c(C#N)c4)c(F)cc32)cc1. The zero-order valence-corrected chi connectivity index (χ0v) is 19.8. The largest absolute Gasteiger partial charge is 0.454 e. The topological polar surface area (TPSA) is 72.1 Å². The predicted molar refractivity (Wildman–Crippen MR) is 124 cm³/mol. The summed E-state index contributed by atoms with van der Waals surface area (Å²) in [6.45, 7) is 1.85. The third-order valence-corrected chi connectivity index (χ3v) is 7.27. The first-order valence-electron chi connectivity index (χ1n) is 9.84. The second-order valence-corrected chi connectivity index (χ2v) is 9.93. The molecule has 0 aliphatic heterocycles. The van der Waals surface area contributed by atoms with Crippen LogP contribution in [0, 0.1) is 29.9 Å². The van der Waals surface area contributed by atoms with Gasteiger partial charge in [-0.2, -0.15) is 5.26 Å². The van der Waals surface area contributed by atoms with Gasteiger partial charge in [-0.1, -0.05) is 33.6 Å². The van der Waals surface area contributed by atoms with Gasteiger partial charge in [0.15, 0.2) is 11.6 Å². The highest BCUT2D eigenvalue weighted by Crippen LogP contribution is 2.37. The van der Waals surface area contributed by atoms with Crippen LogP contribution in [0.4, 0.5) is 8.78 Å². The Kier molecular flexibility index (Phi) is 6.23. The van der Waals surface area contributed by atoms with Crippen molar-refractivity contribution in [3.8, 4) is 17.6 Å². The van der Waals surface area contributed by atoms with Crippen LogP contribution in [-0.4, -0.2) is 17.7 Å². The highest BCUT2D eigenvalue weighted by Gasteiger charge is 2.24. The van der Waals surface area contributed by atoms with Gasteiger partial charge in [0.25, 0.3) is 10.0 Å². The molecular weight excluding hydrogens is 514 g/mol. The zero-order valence-electron chi connectivity index (χ0n) is 17.3. The molecule has 0 bridgehead atoms. The van der Waals surface area contributed by atoms with Crippen LogP contribution < -0.4 is 4.74 Å². The van der Waals surface area contributed by atoms with Crippen molar-refractivity contribution in [2.75, 3.05) is 5.33 Å². The molecule has 0 aliphatic rings. The van der Waals surface area contributed by atoms with Crippen LogP contribution in [0.2, 0.25) is 0 Å². The van der Waals surface area contributed by atoms with Crippen LogP contribution in [-0.2, 0) is 16.4 Å². The fourth-order valence-corrected chi connectivity index (χ4v) is 5.27. The van der Waals surface area contributed by atoms with Gasteiger partial charge >= 0.3 is 0 Å². The van der Waals surface area contributed by atoms with E-state index in [1.54, 1.807) is 24.3 Å². The monoisotopic (exact) mass is 530 g/mol. The summed E-state index contributed by atoms with van der Waals surface area (Å²) in [5.74, 6) is -1.50. The summed E-state index contributed by atoms with van der Waals surface area (Å²) < 4.78 is 62.1. The van der Waals surface area contributed by atoms with Crippen molar-refractivity contribution >= 4 is 36.9 Å². The predicted octanol–water partition coefficient (Wildman–Crippen LogP) is 6.07. The molecule has 3 aromatic carbocycles. The van der Waals surface area contributed by atoms with E-state index in [9.17, 15) is 12.8 Å². The molecule has 1 aromatic heterocycles. The van der Waals surface area contributed by atoms with E-state index in [0.29, 0.717) is 22.7 Å². The number of halogens is 3. The molecule has 33 heavy (non-hydrogen) atoms. The summed E-state index contributed by atoms with van der Waals surface area (Å²) >= 11 is 3.34. The highest BCUT2D eigenvalue weighted by atomic mass is 79.9. The first kappa shape index (κ1) is 23.0. The number of ether oxygens (including phenoxy) is 1. The molecule has 4 rings (SSSR count). The van der Waals surface area contributed by atoms with Crippen LogP contribution in [0.3, 0.4) is 0 Å². The van der Waals surface area contributed by atoms with Gasteiger partial charge in [-0.25, -0.2) is 21.2 Å². The van der Waals surface area contributed by atoms with Crippen LogP contribution in [0.1, 0.15) is 16.7 Å². The van der Waals surface area contributed by atoms with E-state index in [-0.39, 0.29) is 27.5 Å². The molecule has 0 spiro atoms. The number of benzene rings is 3. The molecule has 9 heteroatoms. The lowest BCUT2D eigenvalue weighted by Gasteiger charge is -2.15. The van der Waals surface area contributed by atoms with Crippen molar-refractivity contribution in [2.24, 2.45) is 0 Å². The van der Waals surface area contributed by atoms with Crippen molar-refractivity contribution in [1.29, 1.82) is 5.26 Å². The summed E-state index contributed by atoms with van der Waals surface area (Å²) in [4.78, 5) is 0.0868. The molecule has 168 valence electrons. The quantitative estimate of drug-likeness (QED) is 0.284. The van der Waals surface area contributed by atoms with Crippen LogP contribution in [0.5, 0.6) is 11.5 Å². The van der Waals surface area contributed by atoms with Crippen molar-refractivity contribution in [1.82, 2.24) is 3.97 Å². The van der Waals surface area contributed by atoms with Gasteiger partial charge < -0.3 is 4.74 Å². The number of aryl methyl sites for hydroxylation is 2. The average molecular weight is 531 g/mol. The Balaban J connectivity index is 1.86. The molecular formula is C24H17BrF2N2O3S. The molecule has 0 radical (unpaired) electrons. The molecule has 4 aromatic rings. The Morgan fingerprint density at radius 3 is 2.45 bits per heavy atom. The first-order chi connectivity index (χ1) is 15.8. The number of aromatic nitrogens is 1. The number of rotatable bonds is 6. The summed E-state index contributed by atoms with van der Waals surface area (Å²) in [6, 6.07) is 14.4. The maximum Gasteiger partial charge on any atom is 0.268 e. The van der Waals surface area contributed by atoms with Gasteiger partial charge in [0.2, 0.25) is 0 Å². The molecule has 1 heterocycles. The Labute approximate surface area is 198 Å². The molecule has 0 aliphatic carbocycles. The van der Waals surface area contributed by atoms with Gasteiger partial charge in [0.1, 0.15) is 17.6 Å². The zero-order chi connectivity index (χ0) is 23.8. The van der Waals surface area contributed by atoms with Crippen LogP contribution in [0.25, 0.3) is 10.9 Å². The molecule has 0 saturated heterocycles. The standard InChI is InChI=1S/C24H17BrF2N2O3S/c1-15-2-5-18(6-3-15)33(30,31)29-11-9-19-20(8-10-25)24(22(27)13-23(19)29)32-17-4-7-21(26)16(12-17)14-28/h2-7,9,11-13H,8,10H2,1H3. The second-order valence-electron chi connectivity index (χ2n) is 7.32. The number of nitriles is 1. The summed E-state index contributed by atoms with van der Waals surface area (Å²) in [7, 11) is -3.95. The minimum atomic E-state index is -3.95. The molecule has 0 fully saturated rings. The van der Waals surface area contributed by atoms with Gasteiger partial charge in [0.05, 0.1) is 16.0 Å². The van der Waals surface area contributed by atoms with E-state index >= 15 is 4.39 Å². The summed E-state index contributed by atoms with van der Waals surface area (Å²) in [5, 5.41) is 10.0. The Morgan fingerprint density at radius 1 is 1.06 bits per heavy atom. The Morgan fingerprint density at radius 2 is 1.79 bits per heavy atom. The van der Waals surface area contributed by atoms with E-state index in [4.69, 9.17) is 10.00 Å². The minimum Gasteiger partial charge on any atom is -0.454 e. The fraction of sp³-hybridized carbons (Fsp3) is 0.125. The van der Waals surface area contributed by atoms with Crippen LogP contribution >= 0.6 is 15.9 Å². The van der Waals surface area contributed by atoms with Crippen molar-refractivity contribution in [3.05, 3.63) is 89.1 Å². The highest BCUT2D eigenvalue weighted by molar-refractivity contribution is 9.09. The maximum absolute atomic E-state index is 15.3. The third kappa shape index (κ3) is 4.24.